The minimum atomic E-state index is -0.285. The summed E-state index contributed by atoms with van der Waals surface area (Å²) in [5, 5.41) is 3.64. The lowest BCUT2D eigenvalue weighted by atomic mass is 10.3. The maximum Gasteiger partial charge on any atom is 0.273 e. The van der Waals surface area contributed by atoms with Gasteiger partial charge in [-0.1, -0.05) is 11.3 Å². The molecule has 3 aromatic rings. The normalized spacial score (nSPS) is 10.5. The third-order valence-corrected chi connectivity index (χ3v) is 4.08. The number of ether oxygens (including phenoxy) is 1. The summed E-state index contributed by atoms with van der Waals surface area (Å²) >= 11 is 1.43. The zero-order valence-electron chi connectivity index (χ0n) is 12.0. The van der Waals surface area contributed by atoms with Crippen molar-refractivity contribution in [1.29, 1.82) is 0 Å². The number of hydrogen-bond donors (Lipinski definition) is 1. The van der Waals surface area contributed by atoms with Crippen LogP contribution in [0.25, 0.3) is 10.6 Å². The second-order valence-electron chi connectivity index (χ2n) is 4.50. The maximum atomic E-state index is 12.9. The molecule has 0 aliphatic rings. The van der Waals surface area contributed by atoms with Gasteiger partial charge in [0.1, 0.15) is 5.82 Å². The molecule has 0 unspecified atom stereocenters. The molecule has 112 valence electrons. The number of aromatic nitrogens is 3. The van der Waals surface area contributed by atoms with E-state index in [-0.39, 0.29) is 5.82 Å². The van der Waals surface area contributed by atoms with Crippen molar-refractivity contribution >= 4 is 23.0 Å². The largest absolute Gasteiger partial charge is 0.473 e. The van der Waals surface area contributed by atoms with Gasteiger partial charge in [0.2, 0.25) is 5.95 Å². The molecule has 0 bridgehead atoms. The summed E-state index contributed by atoms with van der Waals surface area (Å²) in [5.74, 6) is 0.156. The van der Waals surface area contributed by atoms with E-state index in [1.165, 1.54) is 23.5 Å². The smallest absolute Gasteiger partial charge is 0.273 e. The molecular formula is C15H13FN4OS. The van der Waals surface area contributed by atoms with E-state index in [0.29, 0.717) is 11.1 Å². The van der Waals surface area contributed by atoms with Gasteiger partial charge < -0.3 is 10.1 Å². The van der Waals surface area contributed by atoms with Crippen molar-refractivity contribution in [1.82, 2.24) is 15.0 Å². The van der Waals surface area contributed by atoms with E-state index < -0.39 is 0 Å². The molecule has 0 amide bonds. The minimum absolute atomic E-state index is 0.285. The first-order valence-corrected chi connectivity index (χ1v) is 7.35. The molecule has 22 heavy (non-hydrogen) atoms. The third-order valence-electron chi connectivity index (χ3n) is 2.94. The predicted octanol–water partition coefficient (Wildman–Crippen LogP) is 3.80. The Labute approximate surface area is 130 Å². The zero-order valence-corrected chi connectivity index (χ0v) is 12.8. The summed E-state index contributed by atoms with van der Waals surface area (Å²) in [6.45, 7) is 1.91. The number of benzene rings is 1. The number of methoxy groups -OCH3 is 1. The Morgan fingerprint density at radius 1 is 1.14 bits per heavy atom. The van der Waals surface area contributed by atoms with Crippen LogP contribution in [0.5, 0.6) is 5.19 Å². The highest BCUT2D eigenvalue weighted by molar-refractivity contribution is 7.17. The predicted molar refractivity (Wildman–Crippen MR) is 84.1 cm³/mol. The summed E-state index contributed by atoms with van der Waals surface area (Å²) in [7, 11) is 1.59. The van der Waals surface area contributed by atoms with Crippen molar-refractivity contribution < 1.29 is 9.13 Å². The standard InChI is InChI=1S/C15H13FN4OS/c1-9-13(22-15(18-9)21-2)12-7-8-17-14(20-12)19-11-5-3-10(16)4-6-11/h3-8H,1-2H3,(H,17,19,20). The molecule has 0 saturated carbocycles. The lowest BCUT2D eigenvalue weighted by Gasteiger charge is -2.05. The van der Waals surface area contributed by atoms with Gasteiger partial charge >= 0.3 is 0 Å². The molecule has 2 aromatic heterocycles. The molecule has 0 aliphatic carbocycles. The average Bonchev–Trinajstić information content (AvgIpc) is 2.91. The fourth-order valence-electron chi connectivity index (χ4n) is 1.90. The summed E-state index contributed by atoms with van der Waals surface area (Å²) in [4.78, 5) is 13.9. The molecule has 0 spiro atoms. The van der Waals surface area contributed by atoms with Crippen LogP contribution >= 0.6 is 11.3 Å². The number of aryl methyl sites for hydroxylation is 1. The lowest BCUT2D eigenvalue weighted by molar-refractivity contribution is 0.411. The fourth-order valence-corrected chi connectivity index (χ4v) is 2.76. The Kier molecular flexibility index (Phi) is 3.97. The van der Waals surface area contributed by atoms with Crippen LogP contribution in [0.3, 0.4) is 0 Å². The molecule has 0 aliphatic heterocycles. The molecule has 3 rings (SSSR count). The molecule has 1 N–H and O–H groups in total. The monoisotopic (exact) mass is 316 g/mol. The first-order valence-electron chi connectivity index (χ1n) is 6.53. The quantitative estimate of drug-likeness (QED) is 0.793. The highest BCUT2D eigenvalue weighted by atomic mass is 32.1. The number of thiazole rings is 1. The van der Waals surface area contributed by atoms with Gasteiger partial charge in [-0.2, -0.15) is 0 Å². The van der Waals surface area contributed by atoms with E-state index >= 15 is 0 Å². The van der Waals surface area contributed by atoms with Crippen molar-refractivity contribution in [2.75, 3.05) is 12.4 Å². The van der Waals surface area contributed by atoms with Crippen LogP contribution < -0.4 is 10.1 Å². The SMILES string of the molecule is COc1nc(C)c(-c2ccnc(Nc3ccc(F)cc3)n2)s1. The van der Waals surface area contributed by atoms with Crippen LogP contribution in [0.4, 0.5) is 16.0 Å². The molecule has 0 radical (unpaired) electrons. The van der Waals surface area contributed by atoms with E-state index in [0.717, 1.165) is 22.0 Å². The Balaban J connectivity index is 1.88. The average molecular weight is 316 g/mol. The molecule has 1 aromatic carbocycles. The van der Waals surface area contributed by atoms with E-state index in [2.05, 4.69) is 20.3 Å². The molecule has 0 atom stereocenters. The van der Waals surface area contributed by atoms with Crippen LogP contribution in [-0.2, 0) is 0 Å². The Hall–Kier alpha value is -2.54. The fraction of sp³-hybridized carbons (Fsp3) is 0.133. The van der Waals surface area contributed by atoms with E-state index in [9.17, 15) is 4.39 Å². The highest BCUT2D eigenvalue weighted by Crippen LogP contribution is 2.33. The number of nitrogens with one attached hydrogen (secondary N) is 1. The van der Waals surface area contributed by atoms with Gasteiger partial charge in [-0.25, -0.2) is 19.3 Å². The topological polar surface area (TPSA) is 59.9 Å². The van der Waals surface area contributed by atoms with Crippen molar-refractivity contribution in [3.63, 3.8) is 0 Å². The molecule has 7 heteroatoms. The van der Waals surface area contributed by atoms with Gasteiger partial charge in [-0.15, -0.1) is 0 Å². The van der Waals surface area contributed by atoms with Crippen molar-refractivity contribution in [3.05, 3.63) is 48.0 Å². The van der Waals surface area contributed by atoms with Crippen molar-refractivity contribution in [3.8, 4) is 15.8 Å². The third kappa shape index (κ3) is 3.04. The van der Waals surface area contributed by atoms with Gasteiger partial charge in [0, 0.05) is 11.9 Å². The number of rotatable bonds is 4. The Bertz CT molecular complexity index is 788. The van der Waals surface area contributed by atoms with E-state index in [4.69, 9.17) is 4.74 Å². The zero-order chi connectivity index (χ0) is 15.5. The van der Waals surface area contributed by atoms with Gasteiger partial charge in [-0.3, -0.25) is 0 Å². The summed E-state index contributed by atoms with van der Waals surface area (Å²) in [6.07, 6.45) is 1.67. The molecule has 0 saturated heterocycles. The number of nitrogens with zero attached hydrogens (tertiary/aromatic N) is 3. The first-order chi connectivity index (χ1) is 10.7. The lowest BCUT2D eigenvalue weighted by Crippen LogP contribution is -1.97. The number of anilines is 2. The van der Waals surface area contributed by atoms with Gasteiger partial charge in [0.05, 0.1) is 23.4 Å². The molecule has 0 fully saturated rings. The van der Waals surface area contributed by atoms with Gasteiger partial charge in [-0.05, 0) is 37.3 Å². The van der Waals surface area contributed by atoms with Crippen LogP contribution in [0.2, 0.25) is 0 Å². The van der Waals surface area contributed by atoms with Crippen LogP contribution in [0.15, 0.2) is 36.5 Å². The van der Waals surface area contributed by atoms with E-state index in [1.807, 2.05) is 13.0 Å². The summed E-state index contributed by atoms with van der Waals surface area (Å²) in [6, 6.07) is 7.84. The second-order valence-corrected chi connectivity index (χ2v) is 5.46. The summed E-state index contributed by atoms with van der Waals surface area (Å²) < 4.78 is 18.1. The van der Waals surface area contributed by atoms with Gasteiger partial charge in [0.25, 0.3) is 5.19 Å². The maximum absolute atomic E-state index is 12.9. The molecule has 5 nitrogen and oxygen atoms in total. The first kappa shape index (κ1) is 14.4. The molecular weight excluding hydrogens is 303 g/mol. The Morgan fingerprint density at radius 2 is 1.91 bits per heavy atom. The second kappa shape index (κ2) is 6.07. The van der Waals surface area contributed by atoms with Crippen LogP contribution in [0.1, 0.15) is 5.69 Å². The van der Waals surface area contributed by atoms with E-state index in [1.54, 1.807) is 25.4 Å². The summed E-state index contributed by atoms with van der Waals surface area (Å²) in [5.41, 5.74) is 2.34. The molecule has 2 heterocycles. The Morgan fingerprint density at radius 3 is 2.59 bits per heavy atom. The van der Waals surface area contributed by atoms with Crippen LogP contribution in [0, 0.1) is 12.7 Å². The van der Waals surface area contributed by atoms with Crippen molar-refractivity contribution in [2.24, 2.45) is 0 Å². The highest BCUT2D eigenvalue weighted by Gasteiger charge is 2.12. The van der Waals surface area contributed by atoms with Crippen LogP contribution in [-0.4, -0.2) is 22.1 Å². The minimum Gasteiger partial charge on any atom is -0.473 e. The van der Waals surface area contributed by atoms with Crippen molar-refractivity contribution in [2.45, 2.75) is 6.92 Å². The number of hydrogen-bond acceptors (Lipinski definition) is 6. The van der Waals surface area contributed by atoms with Gasteiger partial charge in [0.15, 0.2) is 0 Å². The number of halogens is 1.